The fourth-order valence-electron chi connectivity index (χ4n) is 1.43. The van der Waals surface area contributed by atoms with Gasteiger partial charge in [-0.25, -0.2) is 0 Å². The van der Waals surface area contributed by atoms with Gasteiger partial charge in [0.15, 0.2) is 0 Å². The van der Waals surface area contributed by atoms with Gasteiger partial charge in [0.05, 0.1) is 5.92 Å². The third-order valence-corrected chi connectivity index (χ3v) is 2.51. The molecule has 0 spiro atoms. The van der Waals surface area contributed by atoms with Gasteiger partial charge in [0.2, 0.25) is 0 Å². The molecule has 0 bridgehead atoms. The van der Waals surface area contributed by atoms with Gasteiger partial charge >= 0.3 is 5.97 Å². The molecular weight excluding hydrogens is 168 g/mol. The van der Waals surface area contributed by atoms with Crippen LogP contribution >= 0.6 is 0 Å². The van der Waals surface area contributed by atoms with Gasteiger partial charge in [0.25, 0.3) is 0 Å². The van der Waals surface area contributed by atoms with E-state index < -0.39 is 5.97 Å². The van der Waals surface area contributed by atoms with E-state index in [2.05, 4.69) is 10.2 Å². The minimum absolute atomic E-state index is 0.213. The second kappa shape index (κ2) is 5.19. The summed E-state index contributed by atoms with van der Waals surface area (Å²) in [5.74, 6) is -0.898. The van der Waals surface area contributed by atoms with Crippen molar-refractivity contribution in [2.45, 2.75) is 13.3 Å². The minimum atomic E-state index is -0.685. The van der Waals surface area contributed by atoms with Crippen LogP contribution in [0.15, 0.2) is 0 Å². The molecule has 0 aromatic carbocycles. The predicted octanol–water partition coefficient (Wildman–Crippen LogP) is 0.00240. The van der Waals surface area contributed by atoms with Crippen molar-refractivity contribution in [2.75, 3.05) is 32.7 Å². The molecule has 1 saturated heterocycles. The molecule has 0 saturated carbocycles. The Kier molecular flexibility index (Phi) is 4.18. The van der Waals surface area contributed by atoms with Crippen LogP contribution in [0.4, 0.5) is 0 Å². The van der Waals surface area contributed by atoms with Gasteiger partial charge in [-0.05, 0) is 13.0 Å². The average Bonchev–Trinajstić information content (AvgIpc) is 2.15. The topological polar surface area (TPSA) is 52.6 Å². The predicted molar refractivity (Wildman–Crippen MR) is 50.7 cm³/mol. The lowest BCUT2D eigenvalue weighted by Crippen LogP contribution is -2.44. The van der Waals surface area contributed by atoms with Crippen LogP contribution in [-0.4, -0.2) is 48.7 Å². The lowest BCUT2D eigenvalue weighted by atomic mass is 10.1. The first kappa shape index (κ1) is 10.5. The van der Waals surface area contributed by atoms with Crippen molar-refractivity contribution in [3.05, 3.63) is 0 Å². The maximum atomic E-state index is 10.5. The standard InChI is InChI=1S/C9H18N2O2/c1-8(9(12)13)2-5-11-6-3-10-4-7-11/h8,10H,2-7H2,1H3,(H,12,13). The van der Waals surface area contributed by atoms with Crippen LogP contribution in [0.3, 0.4) is 0 Å². The summed E-state index contributed by atoms with van der Waals surface area (Å²) in [6.07, 6.45) is 0.759. The smallest absolute Gasteiger partial charge is 0.306 e. The van der Waals surface area contributed by atoms with E-state index in [4.69, 9.17) is 5.11 Å². The highest BCUT2D eigenvalue weighted by molar-refractivity contribution is 5.69. The number of nitrogens with zero attached hydrogens (tertiary/aromatic N) is 1. The summed E-state index contributed by atoms with van der Waals surface area (Å²) in [5, 5.41) is 11.9. The first-order chi connectivity index (χ1) is 6.20. The molecule has 1 fully saturated rings. The van der Waals surface area contributed by atoms with E-state index in [9.17, 15) is 4.79 Å². The highest BCUT2D eigenvalue weighted by Crippen LogP contribution is 2.04. The van der Waals surface area contributed by atoms with Crippen LogP contribution in [0.2, 0.25) is 0 Å². The van der Waals surface area contributed by atoms with Crippen molar-refractivity contribution >= 4 is 5.97 Å². The zero-order valence-electron chi connectivity index (χ0n) is 8.12. The van der Waals surface area contributed by atoms with Crippen molar-refractivity contribution in [1.29, 1.82) is 0 Å². The van der Waals surface area contributed by atoms with E-state index >= 15 is 0 Å². The van der Waals surface area contributed by atoms with Crippen molar-refractivity contribution < 1.29 is 9.90 Å². The molecule has 0 aromatic rings. The van der Waals surface area contributed by atoms with E-state index in [0.29, 0.717) is 0 Å². The quantitative estimate of drug-likeness (QED) is 0.649. The number of hydrogen-bond acceptors (Lipinski definition) is 3. The summed E-state index contributed by atoms with van der Waals surface area (Å²) in [6, 6.07) is 0. The second-order valence-corrected chi connectivity index (χ2v) is 3.62. The number of piperazine rings is 1. The molecule has 0 aromatic heterocycles. The summed E-state index contributed by atoms with van der Waals surface area (Å²) >= 11 is 0. The third-order valence-electron chi connectivity index (χ3n) is 2.51. The molecule has 1 aliphatic heterocycles. The highest BCUT2D eigenvalue weighted by atomic mass is 16.4. The van der Waals surface area contributed by atoms with Crippen LogP contribution in [0.5, 0.6) is 0 Å². The fourth-order valence-corrected chi connectivity index (χ4v) is 1.43. The molecule has 1 unspecified atom stereocenters. The maximum absolute atomic E-state index is 10.5. The number of aliphatic carboxylic acids is 1. The zero-order chi connectivity index (χ0) is 9.68. The van der Waals surface area contributed by atoms with Gasteiger partial charge in [-0.1, -0.05) is 6.92 Å². The number of nitrogens with one attached hydrogen (secondary N) is 1. The number of hydrogen-bond donors (Lipinski definition) is 2. The van der Waals surface area contributed by atoms with Gasteiger partial charge in [-0.2, -0.15) is 0 Å². The molecule has 1 aliphatic rings. The Labute approximate surface area is 78.9 Å². The van der Waals surface area contributed by atoms with Crippen LogP contribution in [0.25, 0.3) is 0 Å². The van der Waals surface area contributed by atoms with Crippen LogP contribution in [-0.2, 0) is 4.79 Å². The monoisotopic (exact) mass is 186 g/mol. The molecule has 1 rings (SSSR count). The molecule has 4 nitrogen and oxygen atoms in total. The summed E-state index contributed by atoms with van der Waals surface area (Å²) < 4.78 is 0. The lowest BCUT2D eigenvalue weighted by Gasteiger charge is -2.27. The number of carboxylic acids is 1. The molecule has 0 radical (unpaired) electrons. The lowest BCUT2D eigenvalue weighted by molar-refractivity contribution is -0.141. The van der Waals surface area contributed by atoms with Gasteiger partial charge in [0, 0.05) is 26.2 Å². The molecule has 1 atom stereocenters. The molecule has 0 aliphatic carbocycles. The van der Waals surface area contributed by atoms with E-state index in [1.165, 1.54) is 0 Å². The van der Waals surface area contributed by atoms with Crippen molar-refractivity contribution in [1.82, 2.24) is 10.2 Å². The fraction of sp³-hybridized carbons (Fsp3) is 0.889. The zero-order valence-corrected chi connectivity index (χ0v) is 8.12. The van der Waals surface area contributed by atoms with Gasteiger partial charge < -0.3 is 15.3 Å². The Morgan fingerprint density at radius 3 is 2.69 bits per heavy atom. The van der Waals surface area contributed by atoms with Crippen molar-refractivity contribution in [2.24, 2.45) is 5.92 Å². The van der Waals surface area contributed by atoms with Gasteiger partial charge in [-0.15, -0.1) is 0 Å². The highest BCUT2D eigenvalue weighted by Gasteiger charge is 2.14. The van der Waals surface area contributed by atoms with E-state index in [-0.39, 0.29) is 5.92 Å². The van der Waals surface area contributed by atoms with Gasteiger partial charge in [0.1, 0.15) is 0 Å². The maximum Gasteiger partial charge on any atom is 0.306 e. The van der Waals surface area contributed by atoms with Gasteiger partial charge in [-0.3, -0.25) is 4.79 Å². The van der Waals surface area contributed by atoms with E-state index in [1.807, 2.05) is 0 Å². The molecule has 76 valence electrons. The summed E-state index contributed by atoms with van der Waals surface area (Å²) in [6.45, 7) is 6.83. The van der Waals surface area contributed by atoms with Crippen LogP contribution in [0.1, 0.15) is 13.3 Å². The molecule has 13 heavy (non-hydrogen) atoms. The molecule has 0 amide bonds. The second-order valence-electron chi connectivity index (χ2n) is 3.62. The van der Waals surface area contributed by atoms with E-state index in [1.54, 1.807) is 6.92 Å². The minimum Gasteiger partial charge on any atom is -0.481 e. The van der Waals surface area contributed by atoms with Crippen molar-refractivity contribution in [3.63, 3.8) is 0 Å². The Morgan fingerprint density at radius 1 is 1.54 bits per heavy atom. The first-order valence-corrected chi connectivity index (χ1v) is 4.86. The number of rotatable bonds is 4. The Balaban J connectivity index is 2.13. The first-order valence-electron chi connectivity index (χ1n) is 4.86. The summed E-state index contributed by atoms with van der Waals surface area (Å²) in [7, 11) is 0. The Morgan fingerprint density at radius 2 is 2.15 bits per heavy atom. The molecule has 2 N–H and O–H groups in total. The largest absolute Gasteiger partial charge is 0.481 e. The third kappa shape index (κ3) is 3.74. The number of carbonyl (C=O) groups is 1. The summed E-state index contributed by atoms with van der Waals surface area (Å²) in [5.41, 5.74) is 0. The van der Waals surface area contributed by atoms with Crippen molar-refractivity contribution in [3.8, 4) is 0 Å². The average molecular weight is 186 g/mol. The van der Waals surface area contributed by atoms with Crippen LogP contribution in [0, 0.1) is 5.92 Å². The Bertz CT molecular complexity index is 167. The van der Waals surface area contributed by atoms with Crippen LogP contribution < -0.4 is 5.32 Å². The Hall–Kier alpha value is -0.610. The molecule has 1 heterocycles. The summed E-state index contributed by atoms with van der Waals surface area (Å²) in [4.78, 5) is 12.9. The number of carboxylic acid groups (broad SMARTS) is 1. The molecule has 4 heteroatoms. The molecular formula is C9H18N2O2. The SMILES string of the molecule is CC(CCN1CCNCC1)C(=O)O. The van der Waals surface area contributed by atoms with E-state index in [0.717, 1.165) is 39.1 Å². The normalized spacial score (nSPS) is 21.3.